The van der Waals surface area contributed by atoms with Crippen LogP contribution in [0.2, 0.25) is 0 Å². The minimum Gasteiger partial charge on any atom is -0.347 e. The molecule has 1 spiro atoms. The maximum absolute atomic E-state index is 13.2. The van der Waals surface area contributed by atoms with E-state index in [1.165, 1.54) is 0 Å². The van der Waals surface area contributed by atoms with Crippen molar-refractivity contribution in [1.82, 2.24) is 24.8 Å². The highest BCUT2D eigenvalue weighted by molar-refractivity contribution is 5.96. The van der Waals surface area contributed by atoms with Crippen molar-refractivity contribution in [2.24, 2.45) is 5.41 Å². The molecule has 0 bridgehead atoms. The molecule has 2 amide bonds. The van der Waals surface area contributed by atoms with Gasteiger partial charge in [0.1, 0.15) is 0 Å². The van der Waals surface area contributed by atoms with E-state index in [1.54, 1.807) is 22.2 Å². The van der Waals surface area contributed by atoms with Gasteiger partial charge in [-0.15, -0.1) is 0 Å². The number of carbonyl (C=O) groups is 2. The summed E-state index contributed by atoms with van der Waals surface area (Å²) in [6.45, 7) is 4.09. The molecule has 8 nitrogen and oxygen atoms in total. The predicted molar refractivity (Wildman–Crippen MR) is 108 cm³/mol. The Morgan fingerprint density at radius 1 is 1.21 bits per heavy atom. The highest BCUT2D eigenvalue weighted by atomic mass is 16.2. The first-order valence-electron chi connectivity index (χ1n) is 9.89. The lowest BCUT2D eigenvalue weighted by atomic mass is 9.85. The van der Waals surface area contributed by atoms with E-state index in [0.29, 0.717) is 49.8 Å². The quantitative estimate of drug-likeness (QED) is 0.782. The second kappa shape index (κ2) is 7.42. The van der Waals surface area contributed by atoms with Crippen LogP contribution < -0.4 is 4.90 Å². The number of pyridine rings is 1. The lowest BCUT2D eigenvalue weighted by molar-refractivity contribution is -0.135. The molecule has 0 radical (unpaired) electrons. The van der Waals surface area contributed by atoms with Gasteiger partial charge in [-0.05, 0) is 31.9 Å². The zero-order chi connectivity index (χ0) is 20.6. The molecule has 0 N–H and O–H groups in total. The van der Waals surface area contributed by atoms with Gasteiger partial charge in [-0.1, -0.05) is 6.07 Å². The summed E-state index contributed by atoms with van der Waals surface area (Å²) in [5.41, 5.74) is 1.58. The van der Waals surface area contributed by atoms with E-state index in [-0.39, 0.29) is 11.8 Å². The number of carbonyl (C=O) groups excluding carboxylic acids is 2. The summed E-state index contributed by atoms with van der Waals surface area (Å²) in [5, 5.41) is 0. The molecular formula is C21H26N6O2. The zero-order valence-corrected chi connectivity index (χ0v) is 17.1. The minimum absolute atomic E-state index is 0.0966. The van der Waals surface area contributed by atoms with Gasteiger partial charge in [0.2, 0.25) is 11.9 Å². The maximum atomic E-state index is 13.2. The van der Waals surface area contributed by atoms with Gasteiger partial charge in [0.05, 0.1) is 28.9 Å². The molecule has 0 saturated carbocycles. The Morgan fingerprint density at radius 2 is 2.00 bits per heavy atom. The first kappa shape index (κ1) is 19.3. The van der Waals surface area contributed by atoms with Gasteiger partial charge in [0.15, 0.2) is 0 Å². The van der Waals surface area contributed by atoms with E-state index < -0.39 is 5.41 Å². The normalized spacial score (nSPS) is 21.3. The molecule has 1 unspecified atom stereocenters. The van der Waals surface area contributed by atoms with E-state index >= 15 is 0 Å². The second-order valence-electron chi connectivity index (χ2n) is 8.12. The Kier molecular flexibility index (Phi) is 4.94. The number of aryl methyl sites for hydroxylation is 1. The van der Waals surface area contributed by atoms with Crippen molar-refractivity contribution in [2.45, 2.75) is 26.3 Å². The molecular weight excluding hydrogens is 368 g/mol. The third-order valence-corrected chi connectivity index (χ3v) is 5.92. The SMILES string of the molecule is Cc1nc(N(C)C)ncc1C(=O)N1CCC2(CCN(Cc3ccccn3)C2=O)C1. The Hall–Kier alpha value is -3.03. The van der Waals surface area contributed by atoms with Gasteiger partial charge in [0, 0.05) is 46.1 Å². The Morgan fingerprint density at radius 3 is 2.69 bits per heavy atom. The number of hydrogen-bond acceptors (Lipinski definition) is 6. The smallest absolute Gasteiger partial charge is 0.257 e. The molecule has 2 saturated heterocycles. The van der Waals surface area contributed by atoms with Crippen molar-refractivity contribution in [3.63, 3.8) is 0 Å². The van der Waals surface area contributed by atoms with Crippen LogP contribution in [0.4, 0.5) is 5.95 Å². The summed E-state index contributed by atoms with van der Waals surface area (Å²) in [7, 11) is 3.73. The average Bonchev–Trinajstić information content (AvgIpc) is 3.28. The summed E-state index contributed by atoms with van der Waals surface area (Å²) in [4.78, 5) is 44.7. The number of aromatic nitrogens is 3. The monoisotopic (exact) mass is 394 g/mol. The number of likely N-dealkylation sites (tertiary alicyclic amines) is 2. The van der Waals surface area contributed by atoms with Gasteiger partial charge >= 0.3 is 0 Å². The second-order valence-corrected chi connectivity index (χ2v) is 8.12. The molecule has 0 aliphatic carbocycles. The Balaban J connectivity index is 1.46. The lowest BCUT2D eigenvalue weighted by Gasteiger charge is -2.24. The van der Waals surface area contributed by atoms with E-state index in [1.807, 2.05) is 44.1 Å². The average molecular weight is 394 g/mol. The van der Waals surface area contributed by atoms with Crippen LogP contribution in [0.1, 0.15) is 34.6 Å². The first-order chi connectivity index (χ1) is 13.9. The standard InChI is InChI=1S/C21H26N6O2/c1-15-17(12-23-20(24-15)25(2)3)18(28)27-11-8-21(14-27)7-10-26(19(21)29)13-16-6-4-5-9-22-16/h4-6,9,12H,7-8,10-11,13-14H2,1-3H3. The number of amides is 2. The highest BCUT2D eigenvalue weighted by Gasteiger charge is 2.51. The summed E-state index contributed by atoms with van der Waals surface area (Å²) in [5.74, 6) is 0.614. The van der Waals surface area contributed by atoms with Crippen LogP contribution in [0.3, 0.4) is 0 Å². The van der Waals surface area contributed by atoms with Crippen LogP contribution in [0.25, 0.3) is 0 Å². The van der Waals surface area contributed by atoms with Crippen molar-refractivity contribution >= 4 is 17.8 Å². The van der Waals surface area contributed by atoms with Gasteiger partial charge < -0.3 is 14.7 Å². The summed E-state index contributed by atoms with van der Waals surface area (Å²) in [6, 6.07) is 5.73. The van der Waals surface area contributed by atoms with Gasteiger partial charge in [0.25, 0.3) is 5.91 Å². The van der Waals surface area contributed by atoms with Crippen LogP contribution in [-0.4, -0.2) is 70.3 Å². The number of anilines is 1. The van der Waals surface area contributed by atoms with Gasteiger partial charge in [-0.25, -0.2) is 9.97 Å². The summed E-state index contributed by atoms with van der Waals surface area (Å²) in [6.07, 6.45) is 4.81. The Bertz CT molecular complexity index is 932. The van der Waals surface area contributed by atoms with Gasteiger partial charge in [-0.2, -0.15) is 0 Å². The molecule has 2 aliphatic rings. The topological polar surface area (TPSA) is 82.5 Å². The predicted octanol–water partition coefficient (Wildman–Crippen LogP) is 1.51. The van der Waals surface area contributed by atoms with Crippen LogP contribution in [0.15, 0.2) is 30.6 Å². The fraction of sp³-hybridized carbons (Fsp3) is 0.476. The van der Waals surface area contributed by atoms with Crippen LogP contribution >= 0.6 is 0 Å². The third-order valence-electron chi connectivity index (χ3n) is 5.92. The molecule has 2 aromatic rings. The van der Waals surface area contributed by atoms with Crippen LogP contribution in [0.5, 0.6) is 0 Å². The van der Waals surface area contributed by atoms with Gasteiger partial charge in [-0.3, -0.25) is 14.6 Å². The van der Waals surface area contributed by atoms with Crippen molar-refractivity contribution < 1.29 is 9.59 Å². The third kappa shape index (κ3) is 3.54. The molecule has 2 fully saturated rings. The van der Waals surface area contributed by atoms with E-state index in [0.717, 1.165) is 12.1 Å². The van der Waals surface area contributed by atoms with Crippen LogP contribution in [0, 0.1) is 12.3 Å². The first-order valence-corrected chi connectivity index (χ1v) is 9.89. The fourth-order valence-electron chi connectivity index (χ4n) is 4.21. The summed E-state index contributed by atoms with van der Waals surface area (Å²) < 4.78 is 0. The van der Waals surface area contributed by atoms with Crippen LogP contribution in [-0.2, 0) is 11.3 Å². The molecule has 4 rings (SSSR count). The molecule has 8 heteroatoms. The molecule has 152 valence electrons. The molecule has 2 aromatic heterocycles. The Labute approximate surface area is 170 Å². The molecule has 29 heavy (non-hydrogen) atoms. The maximum Gasteiger partial charge on any atom is 0.257 e. The highest BCUT2D eigenvalue weighted by Crippen LogP contribution is 2.41. The fourth-order valence-corrected chi connectivity index (χ4v) is 4.21. The lowest BCUT2D eigenvalue weighted by Crippen LogP contribution is -2.38. The largest absolute Gasteiger partial charge is 0.347 e. The van der Waals surface area contributed by atoms with Crippen molar-refractivity contribution in [2.75, 3.05) is 38.6 Å². The molecule has 1 atom stereocenters. The van der Waals surface area contributed by atoms with E-state index in [4.69, 9.17) is 0 Å². The number of rotatable bonds is 4. The van der Waals surface area contributed by atoms with Crippen molar-refractivity contribution in [3.8, 4) is 0 Å². The van der Waals surface area contributed by atoms with E-state index in [9.17, 15) is 9.59 Å². The number of nitrogens with zero attached hydrogens (tertiary/aromatic N) is 6. The molecule has 4 heterocycles. The summed E-state index contributed by atoms with van der Waals surface area (Å²) >= 11 is 0. The van der Waals surface area contributed by atoms with Crippen molar-refractivity contribution in [3.05, 3.63) is 47.5 Å². The number of hydrogen-bond donors (Lipinski definition) is 0. The molecule has 2 aliphatic heterocycles. The minimum atomic E-state index is -0.469. The molecule has 0 aromatic carbocycles. The zero-order valence-electron chi connectivity index (χ0n) is 17.1. The van der Waals surface area contributed by atoms with E-state index in [2.05, 4.69) is 15.0 Å². The van der Waals surface area contributed by atoms with Crippen molar-refractivity contribution in [1.29, 1.82) is 0 Å².